The molecular formula is C12H12O2S. The first-order valence-electron chi connectivity index (χ1n) is 4.51. The Bertz CT molecular complexity index is 379. The maximum absolute atomic E-state index is 11.7. The van der Waals surface area contributed by atoms with E-state index in [9.17, 15) is 4.79 Å². The molecule has 0 saturated heterocycles. The normalized spacial score (nSPS) is 9.40. The third kappa shape index (κ3) is 2.99. The number of thiocarbonyl (C=S) groups is 1. The number of allylic oxidation sites excluding steroid dienone is 1. The Morgan fingerprint density at radius 2 is 2.07 bits per heavy atom. The van der Waals surface area contributed by atoms with Crippen LogP contribution >= 0.6 is 12.2 Å². The molecule has 78 valence electrons. The quantitative estimate of drug-likeness (QED) is 0.433. The summed E-state index contributed by atoms with van der Waals surface area (Å²) in [6.45, 7) is 3.54. The molecule has 1 rings (SSSR count). The number of carbonyl (C=O) groups excluding carboxylic acids is 1. The fourth-order valence-corrected chi connectivity index (χ4v) is 1.36. The minimum atomic E-state index is -0.118. The molecule has 0 fully saturated rings. The summed E-state index contributed by atoms with van der Waals surface area (Å²) >= 11 is 4.97. The van der Waals surface area contributed by atoms with Gasteiger partial charge in [0.1, 0.15) is 5.75 Å². The van der Waals surface area contributed by atoms with Crippen LogP contribution < -0.4 is 4.74 Å². The van der Waals surface area contributed by atoms with Crippen molar-refractivity contribution >= 4 is 22.9 Å². The van der Waals surface area contributed by atoms with E-state index in [1.165, 1.54) is 0 Å². The predicted molar refractivity (Wildman–Crippen MR) is 64.7 cm³/mol. The van der Waals surface area contributed by atoms with Crippen LogP contribution in [0.5, 0.6) is 5.75 Å². The average Bonchev–Trinajstić information content (AvgIpc) is 2.28. The van der Waals surface area contributed by atoms with Gasteiger partial charge in [0.2, 0.25) is 0 Å². The minimum Gasteiger partial charge on any atom is -0.497 e. The van der Waals surface area contributed by atoms with Crippen molar-refractivity contribution < 1.29 is 9.53 Å². The topological polar surface area (TPSA) is 26.3 Å². The molecule has 2 nitrogen and oxygen atoms in total. The highest BCUT2D eigenvalue weighted by Gasteiger charge is 2.10. The first kappa shape index (κ1) is 11.6. The van der Waals surface area contributed by atoms with Gasteiger partial charge in [0.05, 0.1) is 12.0 Å². The van der Waals surface area contributed by atoms with Gasteiger partial charge in [-0.25, -0.2) is 0 Å². The third-order valence-electron chi connectivity index (χ3n) is 1.94. The second kappa shape index (κ2) is 5.41. The molecule has 0 radical (unpaired) electrons. The van der Waals surface area contributed by atoms with Crippen molar-refractivity contribution in [2.24, 2.45) is 0 Å². The number of Topliss-reactive ketones (excluding diaryl/α,β-unsaturated/α-hetero) is 1. The standard InChI is InChI=1S/C12H12O2S/c1-3-4-11(15)12(13)9-5-7-10(14-2)8-6-9/h3,5-8H,1,4H2,2H3. The van der Waals surface area contributed by atoms with Crippen molar-refractivity contribution in [2.45, 2.75) is 6.42 Å². The summed E-state index contributed by atoms with van der Waals surface area (Å²) in [6, 6.07) is 6.89. The molecule has 0 heterocycles. The average molecular weight is 220 g/mol. The first-order valence-corrected chi connectivity index (χ1v) is 4.92. The number of methoxy groups -OCH3 is 1. The fourth-order valence-electron chi connectivity index (χ4n) is 1.13. The Kier molecular flexibility index (Phi) is 4.18. The van der Waals surface area contributed by atoms with E-state index in [4.69, 9.17) is 17.0 Å². The molecule has 0 amide bonds. The smallest absolute Gasteiger partial charge is 0.200 e. The summed E-state index contributed by atoms with van der Waals surface area (Å²) in [7, 11) is 1.58. The molecule has 0 aliphatic carbocycles. The van der Waals surface area contributed by atoms with Crippen LogP contribution in [0.4, 0.5) is 0 Å². The lowest BCUT2D eigenvalue weighted by Crippen LogP contribution is -2.10. The van der Waals surface area contributed by atoms with Crippen molar-refractivity contribution in [1.82, 2.24) is 0 Å². The maximum atomic E-state index is 11.7. The van der Waals surface area contributed by atoms with Crippen LogP contribution in [0.15, 0.2) is 36.9 Å². The van der Waals surface area contributed by atoms with E-state index in [2.05, 4.69) is 6.58 Å². The second-order valence-electron chi connectivity index (χ2n) is 2.97. The highest BCUT2D eigenvalue weighted by Crippen LogP contribution is 2.12. The summed E-state index contributed by atoms with van der Waals surface area (Å²) in [5.41, 5.74) is 0.586. The zero-order valence-corrected chi connectivity index (χ0v) is 9.34. The highest BCUT2D eigenvalue weighted by atomic mass is 32.1. The molecule has 0 spiro atoms. The summed E-state index contributed by atoms with van der Waals surface area (Å²) in [4.78, 5) is 12.1. The molecule has 1 aromatic rings. The molecule has 0 aromatic heterocycles. The van der Waals surface area contributed by atoms with E-state index < -0.39 is 0 Å². The van der Waals surface area contributed by atoms with E-state index in [1.807, 2.05) is 0 Å². The predicted octanol–water partition coefficient (Wildman–Crippen LogP) is 2.82. The molecule has 0 bridgehead atoms. The Labute approximate surface area is 94.6 Å². The van der Waals surface area contributed by atoms with Crippen LogP contribution in [0.1, 0.15) is 16.8 Å². The Morgan fingerprint density at radius 3 is 2.53 bits per heavy atom. The lowest BCUT2D eigenvalue weighted by atomic mass is 10.1. The summed E-state index contributed by atoms with van der Waals surface area (Å²) in [5.74, 6) is 0.605. The monoisotopic (exact) mass is 220 g/mol. The van der Waals surface area contributed by atoms with E-state index in [-0.39, 0.29) is 5.78 Å². The molecule has 0 aliphatic rings. The minimum absolute atomic E-state index is 0.118. The third-order valence-corrected chi connectivity index (χ3v) is 2.29. The maximum Gasteiger partial charge on any atom is 0.200 e. The van der Waals surface area contributed by atoms with Gasteiger partial charge in [-0.05, 0) is 24.3 Å². The molecule has 0 unspecified atom stereocenters. The van der Waals surface area contributed by atoms with E-state index in [1.54, 1.807) is 37.5 Å². The number of benzene rings is 1. The number of ketones is 1. The van der Waals surface area contributed by atoms with Crippen molar-refractivity contribution in [1.29, 1.82) is 0 Å². The van der Waals surface area contributed by atoms with Gasteiger partial charge in [0.15, 0.2) is 5.78 Å². The second-order valence-corrected chi connectivity index (χ2v) is 3.47. The Balaban J connectivity index is 2.82. The molecule has 15 heavy (non-hydrogen) atoms. The largest absolute Gasteiger partial charge is 0.497 e. The lowest BCUT2D eigenvalue weighted by Gasteiger charge is -2.02. The van der Waals surface area contributed by atoms with Crippen LogP contribution in [0.3, 0.4) is 0 Å². The van der Waals surface area contributed by atoms with Gasteiger partial charge in [-0.15, -0.1) is 6.58 Å². The fraction of sp³-hybridized carbons (Fsp3) is 0.167. The zero-order chi connectivity index (χ0) is 11.3. The molecule has 3 heteroatoms. The van der Waals surface area contributed by atoms with Crippen molar-refractivity contribution in [2.75, 3.05) is 7.11 Å². The van der Waals surface area contributed by atoms with E-state index >= 15 is 0 Å². The van der Waals surface area contributed by atoms with E-state index in [0.717, 1.165) is 5.75 Å². The van der Waals surface area contributed by atoms with Gasteiger partial charge in [-0.3, -0.25) is 4.79 Å². The molecule has 0 saturated carbocycles. The van der Waals surface area contributed by atoms with Crippen molar-refractivity contribution in [3.63, 3.8) is 0 Å². The Morgan fingerprint density at radius 1 is 1.47 bits per heavy atom. The molecule has 0 aliphatic heterocycles. The van der Waals surface area contributed by atoms with Crippen LogP contribution in [0.25, 0.3) is 0 Å². The van der Waals surface area contributed by atoms with Crippen LogP contribution in [-0.4, -0.2) is 17.8 Å². The lowest BCUT2D eigenvalue weighted by molar-refractivity contribution is 0.106. The number of carbonyl (C=O) groups is 1. The summed E-state index contributed by atoms with van der Waals surface area (Å²) in [5, 5.41) is 0. The van der Waals surface area contributed by atoms with Crippen LogP contribution in [0.2, 0.25) is 0 Å². The van der Waals surface area contributed by atoms with E-state index in [0.29, 0.717) is 16.8 Å². The van der Waals surface area contributed by atoms with Gasteiger partial charge in [0.25, 0.3) is 0 Å². The summed E-state index contributed by atoms with van der Waals surface area (Å²) < 4.78 is 5.00. The molecular weight excluding hydrogens is 208 g/mol. The molecule has 1 aromatic carbocycles. The molecule has 0 N–H and O–H groups in total. The number of ether oxygens (including phenoxy) is 1. The van der Waals surface area contributed by atoms with Crippen LogP contribution in [0, 0.1) is 0 Å². The van der Waals surface area contributed by atoms with Gasteiger partial charge >= 0.3 is 0 Å². The summed E-state index contributed by atoms with van der Waals surface area (Å²) in [6.07, 6.45) is 2.07. The number of hydrogen-bond donors (Lipinski definition) is 0. The van der Waals surface area contributed by atoms with Gasteiger partial charge in [0, 0.05) is 12.0 Å². The van der Waals surface area contributed by atoms with Crippen molar-refractivity contribution in [3.05, 3.63) is 42.5 Å². The number of hydrogen-bond acceptors (Lipinski definition) is 3. The van der Waals surface area contributed by atoms with Gasteiger partial charge in [-0.2, -0.15) is 0 Å². The number of rotatable bonds is 5. The zero-order valence-electron chi connectivity index (χ0n) is 8.53. The van der Waals surface area contributed by atoms with Gasteiger partial charge in [-0.1, -0.05) is 18.3 Å². The highest BCUT2D eigenvalue weighted by molar-refractivity contribution is 7.82. The molecule has 0 atom stereocenters. The van der Waals surface area contributed by atoms with Crippen LogP contribution in [-0.2, 0) is 0 Å². The van der Waals surface area contributed by atoms with Gasteiger partial charge < -0.3 is 4.74 Å². The Hall–Kier alpha value is -1.48. The SMILES string of the molecule is C=CCC(=S)C(=O)c1ccc(OC)cc1. The van der Waals surface area contributed by atoms with Crippen molar-refractivity contribution in [3.8, 4) is 5.75 Å². The first-order chi connectivity index (χ1) is 7.19.